The van der Waals surface area contributed by atoms with Crippen molar-refractivity contribution in [3.63, 3.8) is 0 Å². The van der Waals surface area contributed by atoms with E-state index in [1.54, 1.807) is 0 Å². The van der Waals surface area contributed by atoms with Gasteiger partial charge in [-0.15, -0.1) is 0 Å². The largest absolute Gasteiger partial charge is 0.393 e. The Morgan fingerprint density at radius 3 is 1.71 bits per heavy atom. The van der Waals surface area contributed by atoms with Gasteiger partial charge in [-0.05, 0) is 82.0 Å². The Morgan fingerprint density at radius 1 is 0.708 bits per heavy atom. The van der Waals surface area contributed by atoms with Gasteiger partial charge in [0.15, 0.2) is 0 Å². The van der Waals surface area contributed by atoms with Crippen LogP contribution >= 0.6 is 0 Å². The summed E-state index contributed by atoms with van der Waals surface area (Å²) in [7, 11) is 0. The van der Waals surface area contributed by atoms with Gasteiger partial charge in [-0.25, -0.2) is 0 Å². The number of aliphatic hydroxyl groups excluding tert-OH is 1. The van der Waals surface area contributed by atoms with Gasteiger partial charge in [-0.1, -0.05) is 39.5 Å². The molecule has 3 rings (SSSR count). The fourth-order valence-corrected chi connectivity index (χ4v) is 5.13. The minimum absolute atomic E-state index is 0.00659. The number of hydrogen-bond acceptors (Lipinski definition) is 2. The predicted octanol–water partition coefficient (Wildman–Crippen LogP) is 5.97. The molecule has 0 aromatic heterocycles. The summed E-state index contributed by atoms with van der Waals surface area (Å²) >= 11 is 0. The Kier molecular flexibility index (Phi) is 9.11. The lowest BCUT2D eigenvalue weighted by Gasteiger charge is -2.37. The highest BCUT2D eigenvalue weighted by atomic mass is 16.5. The molecule has 2 saturated carbocycles. The first-order chi connectivity index (χ1) is 11.7. The van der Waals surface area contributed by atoms with Gasteiger partial charge in [0.2, 0.25) is 0 Å². The van der Waals surface area contributed by atoms with E-state index in [9.17, 15) is 5.11 Å². The first-order valence-electron chi connectivity index (χ1n) is 11.0. The van der Waals surface area contributed by atoms with Gasteiger partial charge in [0.25, 0.3) is 0 Å². The number of ether oxygens (including phenoxy) is 1. The van der Waals surface area contributed by atoms with Gasteiger partial charge < -0.3 is 9.84 Å². The lowest BCUT2D eigenvalue weighted by atomic mass is 9.72. The quantitative estimate of drug-likeness (QED) is 0.684. The second-order valence-corrected chi connectivity index (χ2v) is 8.51. The third-order valence-electron chi connectivity index (χ3n) is 6.90. The molecule has 1 aliphatic heterocycles. The molecule has 0 amide bonds. The average Bonchev–Trinajstić information content (AvgIpc) is 2.64. The van der Waals surface area contributed by atoms with E-state index in [1.807, 2.05) is 13.8 Å². The Hall–Kier alpha value is -0.0800. The van der Waals surface area contributed by atoms with E-state index in [0.717, 1.165) is 43.1 Å². The minimum atomic E-state index is 0.00659. The zero-order chi connectivity index (χ0) is 17.4. The Balaban J connectivity index is 0.00000100. The molecular formula is C22H42O2. The Bertz CT molecular complexity index is 306. The average molecular weight is 339 g/mol. The summed E-state index contributed by atoms with van der Waals surface area (Å²) in [6, 6.07) is 0. The van der Waals surface area contributed by atoms with Gasteiger partial charge in [0.05, 0.1) is 18.8 Å². The van der Waals surface area contributed by atoms with Crippen LogP contribution in [0.4, 0.5) is 0 Å². The highest BCUT2D eigenvalue weighted by molar-refractivity contribution is 4.81. The molecule has 0 aromatic carbocycles. The Morgan fingerprint density at radius 2 is 1.21 bits per heavy atom. The van der Waals surface area contributed by atoms with E-state index in [4.69, 9.17) is 4.74 Å². The van der Waals surface area contributed by atoms with Crippen LogP contribution in [0.15, 0.2) is 0 Å². The molecule has 1 N–H and O–H groups in total. The maximum atomic E-state index is 9.60. The van der Waals surface area contributed by atoms with Crippen molar-refractivity contribution in [3.05, 3.63) is 0 Å². The molecule has 3 fully saturated rings. The van der Waals surface area contributed by atoms with Gasteiger partial charge in [0.1, 0.15) is 0 Å². The van der Waals surface area contributed by atoms with Gasteiger partial charge in [-0.2, -0.15) is 0 Å². The SMILES string of the molecule is CC.CC1CCC(C2CCC(CCC3CCC(O)CC3)CC2)CO1. The van der Waals surface area contributed by atoms with E-state index < -0.39 is 0 Å². The Labute approximate surface area is 150 Å². The number of aliphatic hydroxyl groups is 1. The van der Waals surface area contributed by atoms with Crippen LogP contribution in [-0.2, 0) is 4.74 Å². The predicted molar refractivity (Wildman–Crippen MR) is 102 cm³/mol. The van der Waals surface area contributed by atoms with Gasteiger partial charge in [-0.3, -0.25) is 0 Å². The lowest BCUT2D eigenvalue weighted by molar-refractivity contribution is -0.0299. The fraction of sp³-hybridized carbons (Fsp3) is 1.00. The molecule has 2 atom stereocenters. The summed E-state index contributed by atoms with van der Waals surface area (Å²) in [6.45, 7) is 7.25. The van der Waals surface area contributed by atoms with Gasteiger partial charge >= 0.3 is 0 Å². The van der Waals surface area contributed by atoms with E-state index >= 15 is 0 Å². The van der Waals surface area contributed by atoms with Crippen molar-refractivity contribution >= 4 is 0 Å². The second-order valence-electron chi connectivity index (χ2n) is 8.51. The maximum absolute atomic E-state index is 9.60. The summed E-state index contributed by atoms with van der Waals surface area (Å²) in [5.41, 5.74) is 0. The zero-order valence-corrected chi connectivity index (χ0v) is 16.5. The summed E-state index contributed by atoms with van der Waals surface area (Å²) in [6.07, 6.45) is 16.5. The molecule has 24 heavy (non-hydrogen) atoms. The highest BCUT2D eigenvalue weighted by Crippen LogP contribution is 2.40. The molecule has 3 aliphatic rings. The smallest absolute Gasteiger partial charge is 0.0547 e. The molecule has 2 nitrogen and oxygen atoms in total. The number of hydrogen-bond donors (Lipinski definition) is 1. The summed E-state index contributed by atoms with van der Waals surface area (Å²) < 4.78 is 5.89. The van der Waals surface area contributed by atoms with Crippen molar-refractivity contribution in [3.8, 4) is 0 Å². The molecule has 0 bridgehead atoms. The fourth-order valence-electron chi connectivity index (χ4n) is 5.13. The van der Waals surface area contributed by atoms with E-state index in [2.05, 4.69) is 6.92 Å². The van der Waals surface area contributed by atoms with Crippen molar-refractivity contribution in [2.75, 3.05) is 6.61 Å². The van der Waals surface area contributed by atoms with Crippen LogP contribution in [0.5, 0.6) is 0 Å². The van der Waals surface area contributed by atoms with Crippen LogP contribution in [0.25, 0.3) is 0 Å². The third kappa shape index (κ3) is 6.33. The van der Waals surface area contributed by atoms with Crippen LogP contribution in [0, 0.1) is 23.7 Å². The van der Waals surface area contributed by atoms with Crippen molar-refractivity contribution < 1.29 is 9.84 Å². The van der Waals surface area contributed by atoms with Crippen molar-refractivity contribution in [2.24, 2.45) is 23.7 Å². The molecule has 142 valence electrons. The highest BCUT2D eigenvalue weighted by Gasteiger charge is 2.30. The normalized spacial score (nSPS) is 40.5. The molecule has 0 radical (unpaired) electrons. The van der Waals surface area contributed by atoms with Gasteiger partial charge in [0, 0.05) is 0 Å². The molecule has 0 spiro atoms. The van der Waals surface area contributed by atoms with E-state index in [0.29, 0.717) is 6.10 Å². The van der Waals surface area contributed by atoms with Crippen LogP contribution in [0.2, 0.25) is 0 Å². The summed E-state index contributed by atoms with van der Waals surface area (Å²) in [5, 5.41) is 9.60. The van der Waals surface area contributed by atoms with E-state index in [-0.39, 0.29) is 6.10 Å². The first-order valence-corrected chi connectivity index (χ1v) is 11.0. The maximum Gasteiger partial charge on any atom is 0.0547 e. The van der Waals surface area contributed by atoms with Crippen LogP contribution < -0.4 is 0 Å². The first kappa shape index (κ1) is 20.2. The third-order valence-corrected chi connectivity index (χ3v) is 6.90. The summed E-state index contributed by atoms with van der Waals surface area (Å²) in [4.78, 5) is 0. The standard InChI is InChI=1S/C20H36O2.C2H6/c1-15-2-9-19(14-22-15)18-10-5-16(6-11-18)3-4-17-7-12-20(21)13-8-17;1-2/h15-21H,2-14H2,1H3;1-2H3. The second kappa shape index (κ2) is 10.8. The molecule has 2 unspecified atom stereocenters. The zero-order valence-electron chi connectivity index (χ0n) is 16.5. The molecule has 0 aromatic rings. The lowest BCUT2D eigenvalue weighted by Crippen LogP contribution is -2.31. The van der Waals surface area contributed by atoms with Crippen LogP contribution in [-0.4, -0.2) is 23.9 Å². The number of rotatable bonds is 4. The van der Waals surface area contributed by atoms with Crippen molar-refractivity contribution in [1.82, 2.24) is 0 Å². The van der Waals surface area contributed by atoms with Crippen molar-refractivity contribution in [2.45, 2.75) is 110 Å². The van der Waals surface area contributed by atoms with Crippen LogP contribution in [0.3, 0.4) is 0 Å². The van der Waals surface area contributed by atoms with Crippen molar-refractivity contribution in [1.29, 1.82) is 0 Å². The van der Waals surface area contributed by atoms with E-state index in [1.165, 1.54) is 64.2 Å². The molecule has 1 heterocycles. The molecule has 2 aliphatic carbocycles. The molecular weight excluding hydrogens is 296 g/mol. The topological polar surface area (TPSA) is 29.5 Å². The summed E-state index contributed by atoms with van der Waals surface area (Å²) in [5.74, 6) is 3.71. The van der Waals surface area contributed by atoms with Crippen LogP contribution in [0.1, 0.15) is 97.8 Å². The monoisotopic (exact) mass is 338 g/mol. The minimum Gasteiger partial charge on any atom is -0.393 e. The molecule has 2 heteroatoms. The molecule has 1 saturated heterocycles.